The van der Waals surface area contributed by atoms with Gasteiger partial charge in [-0.05, 0) is 35.4 Å². The van der Waals surface area contributed by atoms with Crippen molar-refractivity contribution in [3.63, 3.8) is 0 Å². The lowest BCUT2D eigenvalue weighted by Crippen LogP contribution is -2.17. The fraction of sp³-hybridized carbons (Fsp3) is 0.200. The maximum absolute atomic E-state index is 13.9. The van der Waals surface area contributed by atoms with E-state index >= 15 is 0 Å². The smallest absolute Gasteiger partial charge is 0.146 e. The van der Waals surface area contributed by atoms with Gasteiger partial charge < -0.3 is 10.6 Å². The van der Waals surface area contributed by atoms with E-state index in [4.69, 9.17) is 5.73 Å². The Balaban J connectivity index is 2.15. The van der Waals surface area contributed by atoms with Crippen LogP contribution in [0.4, 0.5) is 10.1 Å². The molecule has 0 aliphatic heterocycles. The van der Waals surface area contributed by atoms with Crippen LogP contribution in [-0.2, 0) is 13.1 Å². The van der Waals surface area contributed by atoms with Gasteiger partial charge in [-0.2, -0.15) is 0 Å². The van der Waals surface area contributed by atoms with Gasteiger partial charge in [-0.1, -0.05) is 34.1 Å². The van der Waals surface area contributed by atoms with Crippen LogP contribution in [0.15, 0.2) is 46.9 Å². The number of benzene rings is 2. The van der Waals surface area contributed by atoms with E-state index in [9.17, 15) is 4.39 Å². The summed E-state index contributed by atoms with van der Waals surface area (Å²) in [5, 5.41) is 0. The summed E-state index contributed by atoms with van der Waals surface area (Å²) in [4.78, 5) is 1.89. The highest BCUT2D eigenvalue weighted by Crippen LogP contribution is 2.21. The molecule has 0 saturated carbocycles. The average Bonchev–Trinajstić information content (AvgIpc) is 2.41. The van der Waals surface area contributed by atoms with Crippen molar-refractivity contribution in [2.75, 3.05) is 11.9 Å². The predicted molar refractivity (Wildman–Crippen MR) is 80.5 cm³/mol. The summed E-state index contributed by atoms with van der Waals surface area (Å²) in [7, 11) is 1.88. The average molecular weight is 323 g/mol. The highest BCUT2D eigenvalue weighted by atomic mass is 79.9. The van der Waals surface area contributed by atoms with Gasteiger partial charge in [0.15, 0.2) is 0 Å². The monoisotopic (exact) mass is 322 g/mol. The SMILES string of the molecule is CN(Cc1ccc(Br)cc1)c1ccc(CN)cc1F. The van der Waals surface area contributed by atoms with E-state index in [1.165, 1.54) is 6.07 Å². The van der Waals surface area contributed by atoms with E-state index in [1.54, 1.807) is 6.07 Å². The lowest BCUT2D eigenvalue weighted by Gasteiger charge is -2.20. The Morgan fingerprint density at radius 2 is 1.74 bits per heavy atom. The molecule has 0 atom stereocenters. The number of anilines is 1. The van der Waals surface area contributed by atoms with Crippen molar-refractivity contribution in [2.24, 2.45) is 5.73 Å². The molecule has 0 spiro atoms. The molecule has 2 aromatic rings. The van der Waals surface area contributed by atoms with Crippen LogP contribution in [0, 0.1) is 5.82 Å². The van der Waals surface area contributed by atoms with Gasteiger partial charge in [0.05, 0.1) is 5.69 Å². The van der Waals surface area contributed by atoms with E-state index < -0.39 is 0 Å². The van der Waals surface area contributed by atoms with Crippen molar-refractivity contribution in [1.82, 2.24) is 0 Å². The van der Waals surface area contributed by atoms with Gasteiger partial charge in [-0.15, -0.1) is 0 Å². The quantitative estimate of drug-likeness (QED) is 0.930. The summed E-state index contributed by atoms with van der Waals surface area (Å²) in [5.74, 6) is -0.234. The molecule has 19 heavy (non-hydrogen) atoms. The second-order valence-corrected chi connectivity index (χ2v) is 5.39. The van der Waals surface area contributed by atoms with Gasteiger partial charge in [0.25, 0.3) is 0 Å². The first-order valence-electron chi connectivity index (χ1n) is 6.04. The first kappa shape index (κ1) is 14.0. The lowest BCUT2D eigenvalue weighted by atomic mass is 10.1. The van der Waals surface area contributed by atoms with E-state index in [-0.39, 0.29) is 5.82 Å². The Morgan fingerprint density at radius 1 is 1.11 bits per heavy atom. The Hall–Kier alpha value is -1.39. The second kappa shape index (κ2) is 6.17. The van der Waals surface area contributed by atoms with Crippen LogP contribution in [0.3, 0.4) is 0 Å². The molecule has 0 amide bonds. The molecular weight excluding hydrogens is 307 g/mol. The predicted octanol–water partition coefficient (Wildman–Crippen LogP) is 3.68. The lowest BCUT2D eigenvalue weighted by molar-refractivity contribution is 0.620. The molecule has 0 heterocycles. The van der Waals surface area contributed by atoms with E-state index in [0.29, 0.717) is 18.8 Å². The topological polar surface area (TPSA) is 29.3 Å². The molecule has 0 fully saturated rings. The number of halogens is 2. The third-order valence-electron chi connectivity index (χ3n) is 2.99. The molecule has 100 valence electrons. The Morgan fingerprint density at radius 3 is 2.32 bits per heavy atom. The fourth-order valence-electron chi connectivity index (χ4n) is 1.94. The van der Waals surface area contributed by atoms with Gasteiger partial charge >= 0.3 is 0 Å². The third-order valence-corrected chi connectivity index (χ3v) is 3.52. The third kappa shape index (κ3) is 3.55. The van der Waals surface area contributed by atoms with E-state index in [2.05, 4.69) is 15.9 Å². The molecule has 0 aliphatic rings. The number of nitrogens with zero attached hydrogens (tertiary/aromatic N) is 1. The maximum Gasteiger partial charge on any atom is 0.146 e. The number of hydrogen-bond acceptors (Lipinski definition) is 2. The van der Waals surface area contributed by atoms with Crippen LogP contribution < -0.4 is 10.6 Å². The van der Waals surface area contributed by atoms with Crippen molar-refractivity contribution < 1.29 is 4.39 Å². The molecule has 0 unspecified atom stereocenters. The fourth-order valence-corrected chi connectivity index (χ4v) is 2.20. The van der Waals surface area contributed by atoms with Crippen LogP contribution in [0.5, 0.6) is 0 Å². The number of rotatable bonds is 4. The minimum atomic E-state index is -0.234. The van der Waals surface area contributed by atoms with Crippen LogP contribution in [0.1, 0.15) is 11.1 Å². The molecular formula is C15H16BrFN2. The number of hydrogen-bond donors (Lipinski definition) is 1. The van der Waals surface area contributed by atoms with Crippen LogP contribution in [0.25, 0.3) is 0 Å². The van der Waals surface area contributed by atoms with Crippen molar-refractivity contribution in [3.05, 3.63) is 63.9 Å². The Kier molecular flexibility index (Phi) is 4.56. The van der Waals surface area contributed by atoms with Crippen molar-refractivity contribution in [3.8, 4) is 0 Å². The maximum atomic E-state index is 13.9. The van der Waals surface area contributed by atoms with Crippen molar-refractivity contribution in [2.45, 2.75) is 13.1 Å². The largest absolute Gasteiger partial charge is 0.368 e. The van der Waals surface area contributed by atoms with Gasteiger partial charge in [0.2, 0.25) is 0 Å². The molecule has 2 nitrogen and oxygen atoms in total. The first-order valence-corrected chi connectivity index (χ1v) is 6.83. The zero-order chi connectivity index (χ0) is 13.8. The summed E-state index contributed by atoms with van der Waals surface area (Å²) in [6.45, 7) is 1.01. The van der Waals surface area contributed by atoms with Crippen LogP contribution >= 0.6 is 15.9 Å². The van der Waals surface area contributed by atoms with Gasteiger partial charge in [-0.25, -0.2) is 4.39 Å². The van der Waals surface area contributed by atoms with E-state index in [0.717, 1.165) is 15.6 Å². The summed E-state index contributed by atoms with van der Waals surface area (Å²) >= 11 is 3.40. The second-order valence-electron chi connectivity index (χ2n) is 4.47. The molecule has 0 bridgehead atoms. The van der Waals surface area contributed by atoms with Crippen molar-refractivity contribution in [1.29, 1.82) is 0 Å². The molecule has 4 heteroatoms. The molecule has 0 aromatic heterocycles. The van der Waals surface area contributed by atoms with Crippen molar-refractivity contribution >= 4 is 21.6 Å². The Bertz CT molecular complexity index is 555. The normalized spacial score (nSPS) is 10.5. The Labute approximate surface area is 121 Å². The van der Waals surface area contributed by atoms with Gasteiger partial charge in [-0.3, -0.25) is 0 Å². The van der Waals surface area contributed by atoms with Crippen LogP contribution in [0.2, 0.25) is 0 Å². The summed E-state index contributed by atoms with van der Waals surface area (Å²) < 4.78 is 15.0. The summed E-state index contributed by atoms with van der Waals surface area (Å²) in [6.07, 6.45) is 0. The minimum absolute atomic E-state index is 0.234. The van der Waals surface area contributed by atoms with Gasteiger partial charge in [0.1, 0.15) is 5.82 Å². The first-order chi connectivity index (χ1) is 9.10. The molecule has 2 N–H and O–H groups in total. The van der Waals surface area contributed by atoms with Gasteiger partial charge in [0, 0.05) is 24.6 Å². The van der Waals surface area contributed by atoms with E-state index in [1.807, 2.05) is 42.3 Å². The minimum Gasteiger partial charge on any atom is -0.368 e. The summed E-state index contributed by atoms with van der Waals surface area (Å²) in [6, 6.07) is 13.1. The molecule has 2 aromatic carbocycles. The molecule has 0 aliphatic carbocycles. The van der Waals surface area contributed by atoms with Crippen LogP contribution in [-0.4, -0.2) is 7.05 Å². The highest BCUT2D eigenvalue weighted by Gasteiger charge is 2.08. The zero-order valence-corrected chi connectivity index (χ0v) is 12.3. The molecule has 0 radical (unpaired) electrons. The zero-order valence-electron chi connectivity index (χ0n) is 10.7. The number of nitrogens with two attached hydrogens (primary N) is 1. The molecule has 0 saturated heterocycles. The summed E-state index contributed by atoms with van der Waals surface area (Å²) in [5.41, 5.74) is 8.02. The molecule has 2 rings (SSSR count). The standard InChI is InChI=1S/C15H16BrFN2/c1-19(10-11-2-5-13(16)6-3-11)15-7-4-12(9-18)8-14(15)17/h2-8H,9-10,18H2,1H3. The highest BCUT2D eigenvalue weighted by molar-refractivity contribution is 9.10.